The molecule has 0 saturated heterocycles. The average molecular weight is 354 g/mol. The van der Waals surface area contributed by atoms with Crippen LogP contribution in [0.25, 0.3) is 0 Å². The number of hydrogen-bond donors (Lipinski definition) is 0. The Kier molecular flexibility index (Phi) is 3.96. The molecule has 0 atom stereocenters. The van der Waals surface area contributed by atoms with Gasteiger partial charge >= 0.3 is 6.18 Å². The van der Waals surface area contributed by atoms with E-state index in [9.17, 15) is 13.2 Å². The molecule has 3 nitrogen and oxygen atoms in total. The predicted molar refractivity (Wildman–Crippen MR) is 66.3 cm³/mol. The topological polar surface area (TPSA) is 35.0 Å². The van der Waals surface area contributed by atoms with Crippen LogP contribution >= 0.6 is 27.5 Å². The third kappa shape index (κ3) is 3.36. The maximum atomic E-state index is 12.5. The Morgan fingerprint density at radius 2 is 1.95 bits per heavy atom. The standard InChI is InChI=1S/C11H5BrClF3N2O/c12-8-9(13)17-5-18-10(8)19-7-3-1-2-6(4-7)11(14,15)16/h1-5H. The lowest BCUT2D eigenvalue weighted by Crippen LogP contribution is -2.04. The Morgan fingerprint density at radius 3 is 2.63 bits per heavy atom. The van der Waals surface area contributed by atoms with Gasteiger partial charge in [-0.3, -0.25) is 0 Å². The second-order valence-electron chi connectivity index (χ2n) is 3.41. The van der Waals surface area contributed by atoms with E-state index in [1.807, 2.05) is 0 Å². The van der Waals surface area contributed by atoms with Crippen LogP contribution in [0.15, 0.2) is 35.1 Å². The smallest absolute Gasteiger partial charge is 0.416 e. The van der Waals surface area contributed by atoms with E-state index in [-0.39, 0.29) is 21.3 Å². The lowest BCUT2D eigenvalue weighted by molar-refractivity contribution is -0.137. The summed E-state index contributed by atoms with van der Waals surface area (Å²) in [5.41, 5.74) is -0.804. The fourth-order valence-corrected chi connectivity index (χ4v) is 1.66. The number of alkyl halides is 3. The van der Waals surface area contributed by atoms with Crippen molar-refractivity contribution in [3.8, 4) is 11.6 Å². The first-order valence-corrected chi connectivity index (χ1v) is 6.06. The van der Waals surface area contributed by atoms with Crippen molar-refractivity contribution in [2.45, 2.75) is 6.18 Å². The fraction of sp³-hybridized carbons (Fsp3) is 0.0909. The van der Waals surface area contributed by atoms with Gasteiger partial charge in [0.15, 0.2) is 5.15 Å². The average Bonchev–Trinajstić information content (AvgIpc) is 2.34. The summed E-state index contributed by atoms with van der Waals surface area (Å²) in [5, 5.41) is 0.108. The molecule has 100 valence electrons. The quantitative estimate of drug-likeness (QED) is 0.734. The highest BCUT2D eigenvalue weighted by Crippen LogP contribution is 2.35. The number of nitrogens with zero attached hydrogens (tertiary/aromatic N) is 2. The van der Waals surface area contributed by atoms with Crippen LogP contribution in [0.4, 0.5) is 13.2 Å². The summed E-state index contributed by atoms with van der Waals surface area (Å²) in [5.74, 6) is 0.0459. The van der Waals surface area contributed by atoms with Gasteiger partial charge in [-0.05, 0) is 34.1 Å². The zero-order valence-corrected chi connectivity index (χ0v) is 11.4. The molecule has 0 spiro atoms. The number of ether oxygens (including phenoxy) is 1. The fourth-order valence-electron chi connectivity index (χ4n) is 1.25. The molecule has 19 heavy (non-hydrogen) atoms. The molecular weight excluding hydrogens is 348 g/mol. The molecule has 8 heteroatoms. The minimum Gasteiger partial charge on any atom is -0.438 e. The summed E-state index contributed by atoms with van der Waals surface area (Å²) in [6.45, 7) is 0. The zero-order valence-electron chi connectivity index (χ0n) is 9.08. The van der Waals surface area contributed by atoms with E-state index in [0.717, 1.165) is 18.5 Å². The molecule has 2 rings (SSSR count). The number of benzene rings is 1. The Labute approximate surface area is 119 Å². The van der Waals surface area contributed by atoms with Crippen molar-refractivity contribution in [1.82, 2.24) is 9.97 Å². The van der Waals surface area contributed by atoms with Gasteiger partial charge in [0.25, 0.3) is 0 Å². The van der Waals surface area contributed by atoms with Crippen LogP contribution in [0.2, 0.25) is 5.15 Å². The molecule has 1 aromatic carbocycles. The molecular formula is C11H5BrClF3N2O. The SMILES string of the molecule is FC(F)(F)c1cccc(Oc2ncnc(Cl)c2Br)c1. The maximum absolute atomic E-state index is 12.5. The second kappa shape index (κ2) is 5.34. The third-order valence-corrected chi connectivity index (χ3v) is 3.32. The van der Waals surface area contributed by atoms with Crippen molar-refractivity contribution < 1.29 is 17.9 Å². The molecule has 0 radical (unpaired) electrons. The van der Waals surface area contributed by atoms with Gasteiger partial charge in [0, 0.05) is 0 Å². The Bertz CT molecular complexity index is 607. The normalized spacial score (nSPS) is 11.4. The van der Waals surface area contributed by atoms with E-state index in [2.05, 4.69) is 25.9 Å². The monoisotopic (exact) mass is 352 g/mol. The molecule has 0 fully saturated rings. The summed E-state index contributed by atoms with van der Waals surface area (Å²) >= 11 is 8.82. The van der Waals surface area contributed by atoms with Crippen molar-refractivity contribution in [2.24, 2.45) is 0 Å². The summed E-state index contributed by atoms with van der Waals surface area (Å²) in [6, 6.07) is 4.46. The third-order valence-electron chi connectivity index (χ3n) is 2.09. The van der Waals surface area contributed by atoms with Gasteiger partial charge in [0.2, 0.25) is 5.88 Å². The molecule has 1 heterocycles. The highest BCUT2D eigenvalue weighted by atomic mass is 79.9. The lowest BCUT2D eigenvalue weighted by atomic mass is 10.2. The van der Waals surface area contributed by atoms with Crippen LogP contribution in [0, 0.1) is 0 Å². The van der Waals surface area contributed by atoms with E-state index in [0.29, 0.717) is 0 Å². The molecule has 0 N–H and O–H groups in total. The molecule has 0 unspecified atom stereocenters. The van der Waals surface area contributed by atoms with Gasteiger partial charge in [-0.25, -0.2) is 9.97 Å². The first-order valence-electron chi connectivity index (χ1n) is 4.89. The number of aromatic nitrogens is 2. The summed E-state index contributed by atoms with van der Waals surface area (Å²) < 4.78 is 43.1. The molecule has 0 bridgehead atoms. The van der Waals surface area contributed by atoms with E-state index < -0.39 is 11.7 Å². The zero-order chi connectivity index (χ0) is 14.0. The first kappa shape index (κ1) is 14.1. The Hall–Kier alpha value is -1.34. The first-order chi connectivity index (χ1) is 8.88. The highest BCUT2D eigenvalue weighted by Gasteiger charge is 2.30. The van der Waals surface area contributed by atoms with Crippen molar-refractivity contribution in [3.63, 3.8) is 0 Å². The summed E-state index contributed by atoms with van der Waals surface area (Å²) in [7, 11) is 0. The molecule has 0 aliphatic heterocycles. The van der Waals surface area contributed by atoms with Crippen LogP contribution in [-0.2, 0) is 6.18 Å². The van der Waals surface area contributed by atoms with Gasteiger partial charge in [-0.2, -0.15) is 13.2 Å². The molecule has 0 saturated carbocycles. The number of halogens is 5. The van der Waals surface area contributed by atoms with Crippen molar-refractivity contribution in [2.75, 3.05) is 0 Å². The molecule has 2 aromatic rings. The van der Waals surface area contributed by atoms with Crippen molar-refractivity contribution in [3.05, 3.63) is 45.8 Å². The molecule has 0 aliphatic carbocycles. The van der Waals surface area contributed by atoms with Gasteiger partial charge in [0.05, 0.1) is 5.56 Å². The minimum atomic E-state index is -4.43. The lowest BCUT2D eigenvalue weighted by Gasteiger charge is -2.10. The number of hydrogen-bond acceptors (Lipinski definition) is 3. The van der Waals surface area contributed by atoms with E-state index >= 15 is 0 Å². The van der Waals surface area contributed by atoms with E-state index in [1.54, 1.807) is 0 Å². The van der Waals surface area contributed by atoms with Crippen LogP contribution < -0.4 is 4.74 Å². The number of rotatable bonds is 2. The largest absolute Gasteiger partial charge is 0.438 e. The Balaban J connectivity index is 2.31. The molecule has 1 aromatic heterocycles. The van der Waals surface area contributed by atoms with E-state index in [4.69, 9.17) is 16.3 Å². The minimum absolute atomic E-state index is 0.00490. The highest BCUT2D eigenvalue weighted by molar-refractivity contribution is 9.10. The van der Waals surface area contributed by atoms with Crippen LogP contribution in [-0.4, -0.2) is 9.97 Å². The second-order valence-corrected chi connectivity index (χ2v) is 4.56. The van der Waals surface area contributed by atoms with E-state index in [1.165, 1.54) is 12.1 Å². The summed E-state index contributed by atoms with van der Waals surface area (Å²) in [6.07, 6.45) is -3.28. The van der Waals surface area contributed by atoms with Crippen molar-refractivity contribution >= 4 is 27.5 Å². The Morgan fingerprint density at radius 1 is 1.21 bits per heavy atom. The van der Waals surface area contributed by atoms with Gasteiger partial charge < -0.3 is 4.74 Å². The van der Waals surface area contributed by atoms with Gasteiger partial charge in [-0.15, -0.1) is 0 Å². The predicted octanol–water partition coefficient (Wildman–Crippen LogP) is 4.70. The van der Waals surface area contributed by atoms with Gasteiger partial charge in [-0.1, -0.05) is 17.7 Å². The van der Waals surface area contributed by atoms with Crippen LogP contribution in [0.3, 0.4) is 0 Å². The molecule has 0 amide bonds. The van der Waals surface area contributed by atoms with Crippen molar-refractivity contribution in [1.29, 1.82) is 0 Å². The van der Waals surface area contributed by atoms with Gasteiger partial charge in [0.1, 0.15) is 16.5 Å². The van der Waals surface area contributed by atoms with Crippen LogP contribution in [0.5, 0.6) is 11.6 Å². The summed E-state index contributed by atoms with van der Waals surface area (Å²) in [4.78, 5) is 7.47. The molecule has 0 aliphatic rings. The maximum Gasteiger partial charge on any atom is 0.416 e. The van der Waals surface area contributed by atoms with Crippen LogP contribution in [0.1, 0.15) is 5.56 Å².